The Morgan fingerprint density at radius 2 is 1.38 bits per heavy atom. The maximum absolute atomic E-state index is 5.36. The van der Waals surface area contributed by atoms with E-state index in [1.54, 1.807) is 0 Å². The van der Waals surface area contributed by atoms with Gasteiger partial charge in [0.2, 0.25) is 0 Å². The van der Waals surface area contributed by atoms with Gasteiger partial charge in [0.25, 0.3) is 0 Å². The summed E-state index contributed by atoms with van der Waals surface area (Å²) < 4.78 is 14.6. The topological polar surface area (TPSA) is 27.7 Å². The van der Waals surface area contributed by atoms with E-state index < -0.39 is 6.72 Å². The lowest BCUT2D eigenvalue weighted by Crippen LogP contribution is -1.96. The van der Waals surface area contributed by atoms with Gasteiger partial charge in [-0.15, -0.1) is 0 Å². The fourth-order valence-corrected chi connectivity index (χ4v) is 1.98. The van der Waals surface area contributed by atoms with Crippen molar-refractivity contribution in [3.05, 3.63) is 21.1 Å². The molecule has 0 atom stereocenters. The Morgan fingerprint density at radius 3 is 1.62 bits per heavy atom. The fourth-order valence-electron chi connectivity index (χ4n) is 0.460. The van der Waals surface area contributed by atoms with E-state index >= 15 is 0 Å². The molecule has 0 N–H and O–H groups in total. The molecule has 0 aliphatic rings. The van der Waals surface area contributed by atoms with E-state index in [2.05, 4.69) is 4.08 Å². The molecule has 0 aromatic heterocycles. The molecule has 94 valence electrons. The van der Waals surface area contributed by atoms with Crippen molar-refractivity contribution in [2.45, 2.75) is 0 Å². The molecule has 3 nitrogen and oxygen atoms in total. The first-order chi connectivity index (χ1) is 7.39. The highest BCUT2D eigenvalue weighted by Gasteiger charge is 2.19. The monoisotopic (exact) mass is 364 g/mol. The van der Waals surface area contributed by atoms with E-state index in [1.165, 1.54) is 12.2 Å². The molecule has 0 unspecified atom stereocenters. The maximum Gasteiger partial charge on any atom is 0.344 e. The van der Waals surface area contributed by atoms with Crippen LogP contribution in [0.5, 0.6) is 0 Å². The van der Waals surface area contributed by atoms with E-state index in [9.17, 15) is 0 Å². The second-order valence-corrected chi connectivity index (χ2v) is 7.42. The summed E-state index contributed by atoms with van der Waals surface area (Å²) in [4.78, 5) is 0. The molecule has 0 aliphatic carbocycles. The van der Waals surface area contributed by atoms with Gasteiger partial charge in [-0.2, -0.15) is 4.08 Å². The quantitative estimate of drug-likeness (QED) is 0.589. The van der Waals surface area contributed by atoms with Crippen molar-refractivity contribution in [3.8, 4) is 0 Å². The lowest BCUT2D eigenvalue weighted by atomic mass is 10.7. The van der Waals surface area contributed by atoms with Crippen LogP contribution in [0.2, 0.25) is 0 Å². The zero-order valence-corrected chi connectivity index (χ0v) is 13.0. The molecular formula is C6H6Cl5O3PS. The van der Waals surface area contributed by atoms with Crippen LogP contribution in [-0.4, -0.2) is 13.2 Å². The van der Waals surface area contributed by atoms with Crippen LogP contribution < -0.4 is 0 Å². The fraction of sp³-hybridized carbons (Fsp3) is 0.333. The van der Waals surface area contributed by atoms with E-state index in [1.807, 2.05) is 0 Å². The molecule has 0 radical (unpaired) electrons. The smallest absolute Gasteiger partial charge is 0.304 e. The highest BCUT2D eigenvalue weighted by atomic mass is 35.5. The van der Waals surface area contributed by atoms with Crippen molar-refractivity contribution in [3.63, 3.8) is 0 Å². The molecule has 16 heavy (non-hydrogen) atoms. The van der Waals surface area contributed by atoms with Gasteiger partial charge in [-0.1, -0.05) is 46.4 Å². The van der Waals surface area contributed by atoms with Crippen LogP contribution in [-0.2, 0) is 24.9 Å². The molecule has 0 rings (SSSR count). The highest BCUT2D eigenvalue weighted by Crippen LogP contribution is 2.51. The summed E-state index contributed by atoms with van der Waals surface area (Å²) in [5.74, 6) is 0. The van der Waals surface area contributed by atoms with Gasteiger partial charge in [-0.05, 0) is 24.0 Å². The van der Waals surface area contributed by atoms with Gasteiger partial charge in [0, 0.05) is 0 Å². The standard InChI is InChI=1S/C6H6Cl5O3PS/c7-5(8)1-3-12-15(16,14-11)13-4-2-6(9)10/h1-2H,3-4H2. The Kier molecular flexibility index (Phi) is 10.3. The van der Waals surface area contributed by atoms with Gasteiger partial charge in [0.1, 0.15) is 8.98 Å². The van der Waals surface area contributed by atoms with E-state index in [0.29, 0.717) is 0 Å². The molecule has 0 fully saturated rings. The second kappa shape index (κ2) is 9.40. The van der Waals surface area contributed by atoms with Crippen LogP contribution in [0.1, 0.15) is 0 Å². The van der Waals surface area contributed by atoms with Crippen LogP contribution in [0.3, 0.4) is 0 Å². The van der Waals surface area contributed by atoms with Crippen LogP contribution in [0.4, 0.5) is 0 Å². The average molecular weight is 366 g/mol. The third kappa shape index (κ3) is 9.49. The largest absolute Gasteiger partial charge is 0.344 e. The summed E-state index contributed by atoms with van der Waals surface area (Å²) in [6, 6.07) is 0. The van der Waals surface area contributed by atoms with Crippen molar-refractivity contribution >= 4 is 76.8 Å². The minimum absolute atomic E-state index is 0.0185. The summed E-state index contributed by atoms with van der Waals surface area (Å²) in [6.45, 7) is -3.00. The molecule has 10 heteroatoms. The summed E-state index contributed by atoms with van der Waals surface area (Å²) in [6.07, 6.45) is 2.74. The van der Waals surface area contributed by atoms with E-state index in [-0.39, 0.29) is 22.2 Å². The van der Waals surface area contributed by atoms with Crippen molar-refractivity contribution in [1.29, 1.82) is 0 Å². The SMILES string of the molecule is S=P(OCl)(OCC=C(Cl)Cl)OCC=C(Cl)Cl. The third-order valence-corrected chi connectivity index (χ3v) is 4.39. The molecular weight excluding hydrogens is 360 g/mol. The number of halogens is 5. The maximum atomic E-state index is 5.36. The minimum Gasteiger partial charge on any atom is -0.304 e. The number of hydrogen-bond acceptors (Lipinski definition) is 4. The first kappa shape index (κ1) is 17.5. The molecule has 0 aromatic rings. The van der Waals surface area contributed by atoms with E-state index in [0.717, 1.165) is 0 Å². The molecule has 0 spiro atoms. The van der Waals surface area contributed by atoms with Crippen molar-refractivity contribution < 1.29 is 13.1 Å². The summed E-state index contributed by atoms with van der Waals surface area (Å²) in [7, 11) is 0. The highest BCUT2D eigenvalue weighted by molar-refractivity contribution is 8.07. The first-order valence-electron chi connectivity index (χ1n) is 3.61. The number of rotatable bonds is 7. The van der Waals surface area contributed by atoms with Gasteiger partial charge in [-0.25, -0.2) is 0 Å². The van der Waals surface area contributed by atoms with Crippen LogP contribution in [0.15, 0.2) is 21.1 Å². The average Bonchev–Trinajstić information content (AvgIpc) is 2.16. The van der Waals surface area contributed by atoms with Gasteiger partial charge in [0.05, 0.1) is 25.1 Å². The zero-order valence-electron chi connectivity index (χ0n) is 7.54. The lowest BCUT2D eigenvalue weighted by molar-refractivity contribution is 0.239. The predicted octanol–water partition coefficient (Wildman–Crippen LogP) is 5.05. The molecule has 0 aromatic carbocycles. The third-order valence-electron chi connectivity index (χ3n) is 1.03. The van der Waals surface area contributed by atoms with Gasteiger partial charge < -0.3 is 9.05 Å². The second-order valence-electron chi connectivity index (χ2n) is 2.10. The lowest BCUT2D eigenvalue weighted by Gasteiger charge is -2.15. The minimum atomic E-state index is -3.04. The van der Waals surface area contributed by atoms with Gasteiger partial charge in [0.15, 0.2) is 0 Å². The normalized spacial score (nSPS) is 11.1. The van der Waals surface area contributed by atoms with Crippen LogP contribution in [0, 0.1) is 0 Å². The van der Waals surface area contributed by atoms with E-state index in [4.69, 9.17) is 79.1 Å². The molecule has 0 aliphatic heterocycles. The van der Waals surface area contributed by atoms with Crippen LogP contribution in [0.25, 0.3) is 0 Å². The predicted molar refractivity (Wildman–Crippen MR) is 72.7 cm³/mol. The van der Waals surface area contributed by atoms with Crippen LogP contribution >= 0.6 is 65.0 Å². The summed E-state index contributed by atoms with van der Waals surface area (Å²) >= 11 is 31.5. The Labute approximate surface area is 124 Å². The molecule has 0 heterocycles. The first-order valence-corrected chi connectivity index (χ1v) is 7.99. The van der Waals surface area contributed by atoms with Gasteiger partial charge in [-0.3, -0.25) is 0 Å². The molecule has 0 saturated carbocycles. The zero-order chi connectivity index (χ0) is 12.6. The Bertz CT molecular complexity index is 287. The van der Waals surface area contributed by atoms with Crippen molar-refractivity contribution in [2.24, 2.45) is 0 Å². The molecule has 0 amide bonds. The molecule has 0 bridgehead atoms. The van der Waals surface area contributed by atoms with Crippen molar-refractivity contribution in [2.75, 3.05) is 13.2 Å². The molecule has 0 saturated heterocycles. The summed E-state index contributed by atoms with van der Waals surface area (Å²) in [5, 5.41) is 0. The number of hydrogen-bond donors (Lipinski definition) is 0. The Balaban J connectivity index is 4.16. The Hall–Kier alpha value is 1.46. The summed E-state index contributed by atoms with van der Waals surface area (Å²) in [5.41, 5.74) is 0. The Morgan fingerprint density at radius 1 is 1.00 bits per heavy atom. The van der Waals surface area contributed by atoms with Gasteiger partial charge >= 0.3 is 6.72 Å². The van der Waals surface area contributed by atoms with Crippen molar-refractivity contribution in [1.82, 2.24) is 0 Å².